The van der Waals surface area contributed by atoms with Crippen LogP contribution in [-0.2, 0) is 11.2 Å². The van der Waals surface area contributed by atoms with Gasteiger partial charge in [0.25, 0.3) is 0 Å². The Morgan fingerprint density at radius 3 is 2.83 bits per heavy atom. The van der Waals surface area contributed by atoms with Crippen LogP contribution in [0.4, 0.5) is 5.69 Å². The number of aromatic nitrogens is 1. The van der Waals surface area contributed by atoms with E-state index in [1.807, 2.05) is 49.5 Å². The van der Waals surface area contributed by atoms with Crippen LogP contribution in [0.1, 0.15) is 40.0 Å². The number of hydrogen-bond donors (Lipinski definition) is 1. The molecule has 0 aliphatic carbocycles. The van der Waals surface area contributed by atoms with Gasteiger partial charge in [-0.2, -0.15) is 0 Å². The number of amides is 1. The van der Waals surface area contributed by atoms with Crippen molar-refractivity contribution in [2.75, 3.05) is 16.8 Å². The van der Waals surface area contributed by atoms with Crippen LogP contribution in [0.3, 0.4) is 0 Å². The fourth-order valence-corrected chi connectivity index (χ4v) is 5.64. The topological polar surface area (TPSA) is 55.1 Å². The first-order chi connectivity index (χ1) is 11.6. The molecule has 1 amide bonds. The Kier molecular flexibility index (Phi) is 5.89. The van der Waals surface area contributed by atoms with E-state index in [4.69, 9.17) is 4.52 Å². The average molecular weight is 363 g/mol. The van der Waals surface area contributed by atoms with Crippen LogP contribution in [0.2, 0.25) is 0 Å². The number of thioether (sulfide) groups is 2. The maximum Gasteiger partial charge on any atom is 0.224 e. The Labute approximate surface area is 151 Å². The summed E-state index contributed by atoms with van der Waals surface area (Å²) in [5.74, 6) is 3.25. The van der Waals surface area contributed by atoms with Crippen LogP contribution in [0.25, 0.3) is 0 Å². The van der Waals surface area contributed by atoms with Crippen LogP contribution < -0.4 is 5.32 Å². The van der Waals surface area contributed by atoms with E-state index in [9.17, 15) is 4.79 Å². The van der Waals surface area contributed by atoms with Gasteiger partial charge in [-0.05, 0) is 55.9 Å². The van der Waals surface area contributed by atoms with E-state index in [1.165, 1.54) is 23.5 Å². The predicted octanol–water partition coefficient (Wildman–Crippen LogP) is 4.73. The maximum atomic E-state index is 12.2. The van der Waals surface area contributed by atoms with Gasteiger partial charge in [-0.1, -0.05) is 17.3 Å². The molecule has 128 valence electrons. The van der Waals surface area contributed by atoms with Gasteiger partial charge in [-0.15, -0.1) is 23.5 Å². The molecule has 0 atom stereocenters. The molecular weight excluding hydrogens is 340 g/mol. The van der Waals surface area contributed by atoms with Crippen molar-refractivity contribution in [1.82, 2.24) is 5.16 Å². The fourth-order valence-electron chi connectivity index (χ4n) is 2.76. The van der Waals surface area contributed by atoms with Gasteiger partial charge in [0.1, 0.15) is 5.76 Å². The number of anilines is 1. The van der Waals surface area contributed by atoms with Crippen LogP contribution in [0.5, 0.6) is 0 Å². The molecule has 4 nitrogen and oxygen atoms in total. The van der Waals surface area contributed by atoms with Gasteiger partial charge < -0.3 is 9.84 Å². The minimum Gasteiger partial charge on any atom is -0.361 e. The summed E-state index contributed by atoms with van der Waals surface area (Å²) >= 11 is 3.98. The third-order valence-corrected chi connectivity index (χ3v) is 7.07. The molecule has 1 fully saturated rings. The molecule has 0 radical (unpaired) electrons. The lowest BCUT2D eigenvalue weighted by Gasteiger charge is -2.21. The fraction of sp³-hybridized carbons (Fsp3) is 0.444. The molecule has 1 saturated heterocycles. The highest BCUT2D eigenvalue weighted by Gasteiger charge is 2.17. The molecule has 1 N–H and O–H groups in total. The van der Waals surface area contributed by atoms with Crippen LogP contribution in [-0.4, -0.2) is 22.6 Å². The summed E-state index contributed by atoms with van der Waals surface area (Å²) in [7, 11) is 0. The Morgan fingerprint density at radius 2 is 2.12 bits per heavy atom. The van der Waals surface area contributed by atoms with Gasteiger partial charge in [-0.25, -0.2) is 0 Å². The monoisotopic (exact) mass is 362 g/mol. The second-order valence-electron chi connectivity index (χ2n) is 5.90. The smallest absolute Gasteiger partial charge is 0.224 e. The number of benzene rings is 1. The molecule has 24 heavy (non-hydrogen) atoms. The highest BCUT2D eigenvalue weighted by molar-refractivity contribution is 8.16. The zero-order chi connectivity index (χ0) is 16.9. The number of nitrogens with one attached hydrogen (secondary N) is 1. The second-order valence-corrected chi connectivity index (χ2v) is 8.63. The van der Waals surface area contributed by atoms with Crippen molar-refractivity contribution < 1.29 is 9.32 Å². The highest BCUT2D eigenvalue weighted by atomic mass is 32.2. The average Bonchev–Trinajstić information content (AvgIpc) is 2.92. The summed E-state index contributed by atoms with van der Waals surface area (Å²) in [6.07, 6.45) is 2.37. The number of rotatable bonds is 5. The molecule has 1 aliphatic rings. The van der Waals surface area contributed by atoms with Gasteiger partial charge in [0, 0.05) is 17.7 Å². The minimum atomic E-state index is 0.0242. The molecule has 1 aromatic carbocycles. The Hall–Kier alpha value is -1.40. The molecule has 0 unspecified atom stereocenters. The third-order valence-electron chi connectivity index (χ3n) is 4.05. The van der Waals surface area contributed by atoms with E-state index in [1.54, 1.807) is 0 Å². The van der Waals surface area contributed by atoms with E-state index < -0.39 is 0 Å². The van der Waals surface area contributed by atoms with Crippen molar-refractivity contribution in [3.63, 3.8) is 0 Å². The van der Waals surface area contributed by atoms with Gasteiger partial charge in [0.15, 0.2) is 0 Å². The summed E-state index contributed by atoms with van der Waals surface area (Å²) in [5.41, 5.74) is 4.07. The summed E-state index contributed by atoms with van der Waals surface area (Å²) in [6, 6.07) is 8.23. The van der Waals surface area contributed by atoms with Crippen molar-refractivity contribution in [3.8, 4) is 0 Å². The van der Waals surface area contributed by atoms with Crippen molar-refractivity contribution in [1.29, 1.82) is 0 Å². The summed E-state index contributed by atoms with van der Waals surface area (Å²) in [6.45, 7) is 3.79. The molecule has 6 heteroatoms. The normalized spacial score (nSPS) is 15.4. The molecule has 0 spiro atoms. The molecule has 3 rings (SSSR count). The predicted molar refractivity (Wildman–Crippen MR) is 102 cm³/mol. The van der Waals surface area contributed by atoms with Crippen LogP contribution in [0, 0.1) is 13.8 Å². The SMILES string of the molecule is Cc1noc(C)c1CCC(=O)Nc1cccc(C2SCCCS2)c1. The molecule has 2 heterocycles. The molecule has 0 bridgehead atoms. The van der Waals surface area contributed by atoms with E-state index in [2.05, 4.69) is 22.6 Å². The summed E-state index contributed by atoms with van der Waals surface area (Å²) in [4.78, 5) is 12.2. The lowest BCUT2D eigenvalue weighted by molar-refractivity contribution is -0.116. The quantitative estimate of drug-likeness (QED) is 0.833. The van der Waals surface area contributed by atoms with E-state index >= 15 is 0 Å². The van der Waals surface area contributed by atoms with Gasteiger partial charge in [0.2, 0.25) is 5.91 Å². The standard InChI is InChI=1S/C18H22N2O2S2/c1-12-16(13(2)22-20-12)7-8-17(21)19-15-6-3-5-14(11-15)18-23-9-4-10-24-18/h3,5-6,11,18H,4,7-10H2,1-2H3,(H,19,21). The summed E-state index contributed by atoms with van der Waals surface area (Å²) in [5, 5.41) is 6.94. The molecule has 2 aromatic rings. The Morgan fingerprint density at radius 1 is 1.33 bits per heavy atom. The maximum absolute atomic E-state index is 12.2. The van der Waals surface area contributed by atoms with Gasteiger partial charge in [-0.3, -0.25) is 4.79 Å². The number of aryl methyl sites for hydroxylation is 2. The largest absolute Gasteiger partial charge is 0.361 e. The summed E-state index contributed by atoms with van der Waals surface area (Å²) < 4.78 is 5.63. The van der Waals surface area contributed by atoms with Crippen molar-refractivity contribution in [3.05, 3.63) is 46.8 Å². The van der Waals surface area contributed by atoms with Crippen LogP contribution >= 0.6 is 23.5 Å². The Balaban J connectivity index is 1.58. The molecule has 1 aromatic heterocycles. The number of nitrogens with zero attached hydrogens (tertiary/aromatic N) is 1. The van der Waals surface area contributed by atoms with Crippen molar-refractivity contribution in [2.45, 2.75) is 37.7 Å². The van der Waals surface area contributed by atoms with Gasteiger partial charge in [0.05, 0.1) is 10.3 Å². The van der Waals surface area contributed by atoms with E-state index in [0.717, 1.165) is 22.7 Å². The lowest BCUT2D eigenvalue weighted by atomic mass is 10.1. The first-order valence-corrected chi connectivity index (χ1v) is 10.3. The zero-order valence-electron chi connectivity index (χ0n) is 14.0. The number of carbonyl (C=O) groups is 1. The van der Waals surface area contributed by atoms with Gasteiger partial charge >= 0.3 is 0 Å². The number of carbonyl (C=O) groups excluding carboxylic acids is 1. The van der Waals surface area contributed by atoms with Crippen LogP contribution in [0.15, 0.2) is 28.8 Å². The second kappa shape index (κ2) is 8.12. The zero-order valence-corrected chi connectivity index (χ0v) is 15.6. The first kappa shape index (κ1) is 17.4. The third kappa shape index (κ3) is 4.36. The van der Waals surface area contributed by atoms with E-state index in [0.29, 0.717) is 17.4 Å². The molecule has 1 aliphatic heterocycles. The first-order valence-electron chi connectivity index (χ1n) is 8.18. The number of hydrogen-bond acceptors (Lipinski definition) is 5. The minimum absolute atomic E-state index is 0.0242. The van der Waals surface area contributed by atoms with Crippen molar-refractivity contribution in [2.24, 2.45) is 0 Å². The molecular formula is C18H22N2O2S2. The lowest BCUT2D eigenvalue weighted by Crippen LogP contribution is -2.13. The highest BCUT2D eigenvalue weighted by Crippen LogP contribution is 2.44. The Bertz CT molecular complexity index is 689. The molecule has 0 saturated carbocycles. The van der Waals surface area contributed by atoms with E-state index in [-0.39, 0.29) is 5.91 Å². The van der Waals surface area contributed by atoms with Crippen molar-refractivity contribution >= 4 is 35.1 Å².